The van der Waals surface area contributed by atoms with Gasteiger partial charge in [0.05, 0.1) is 11.9 Å². The van der Waals surface area contributed by atoms with E-state index in [1.807, 2.05) is 54.6 Å². The Kier molecular flexibility index (Phi) is 4.60. The summed E-state index contributed by atoms with van der Waals surface area (Å²) in [4.78, 5) is 31.1. The molecule has 0 fully saturated rings. The number of rotatable bonds is 5. The molecule has 0 radical (unpaired) electrons. The van der Waals surface area contributed by atoms with Crippen LogP contribution in [-0.2, 0) is 5.75 Å². The molecule has 0 aliphatic carbocycles. The Morgan fingerprint density at radius 1 is 1.11 bits per heavy atom. The highest BCUT2D eigenvalue weighted by atomic mass is 32.2. The average Bonchev–Trinajstić information content (AvgIpc) is 3.12. The third kappa shape index (κ3) is 3.54. The Balaban J connectivity index is 1.62. The number of Topliss-reactive ketones (excluding diaryl/α,β-unsaturated/α-hetero) is 1. The summed E-state index contributed by atoms with van der Waals surface area (Å²) < 4.78 is 1.66. The Bertz CT molecular complexity index is 1160. The Morgan fingerprint density at radius 2 is 1.85 bits per heavy atom. The van der Waals surface area contributed by atoms with Crippen LogP contribution in [0.4, 0.5) is 0 Å². The lowest BCUT2D eigenvalue weighted by Crippen LogP contribution is -2.09. The van der Waals surface area contributed by atoms with Crippen molar-refractivity contribution in [1.29, 1.82) is 0 Å². The van der Waals surface area contributed by atoms with Crippen LogP contribution in [0.5, 0.6) is 0 Å². The molecule has 6 nitrogen and oxygen atoms in total. The molecule has 2 aromatic heterocycles. The molecule has 134 valence electrons. The fraction of sp³-hybridized carbons (Fsp3) is 0.100. The zero-order valence-electron chi connectivity index (χ0n) is 14.5. The van der Waals surface area contributed by atoms with Gasteiger partial charge in [-0.05, 0) is 24.6 Å². The van der Waals surface area contributed by atoms with Crippen LogP contribution in [0.15, 0.2) is 70.7 Å². The quantitative estimate of drug-likeness (QED) is 0.327. The first-order chi connectivity index (χ1) is 13.1. The Labute approximate surface area is 159 Å². The van der Waals surface area contributed by atoms with E-state index in [0.29, 0.717) is 27.5 Å². The molecule has 0 unspecified atom stereocenters. The average molecular weight is 376 g/mol. The van der Waals surface area contributed by atoms with E-state index in [-0.39, 0.29) is 11.3 Å². The lowest BCUT2D eigenvalue weighted by Gasteiger charge is -2.05. The largest absolute Gasteiger partial charge is 0.301 e. The van der Waals surface area contributed by atoms with E-state index in [0.717, 1.165) is 11.3 Å². The fourth-order valence-electron chi connectivity index (χ4n) is 2.71. The molecule has 0 saturated carbocycles. The van der Waals surface area contributed by atoms with Crippen LogP contribution < -0.4 is 5.56 Å². The van der Waals surface area contributed by atoms with Crippen molar-refractivity contribution >= 4 is 28.6 Å². The van der Waals surface area contributed by atoms with E-state index in [1.54, 1.807) is 11.6 Å². The van der Waals surface area contributed by atoms with Crippen LogP contribution in [0.3, 0.4) is 0 Å². The molecule has 27 heavy (non-hydrogen) atoms. The molecular weight excluding hydrogens is 360 g/mol. The molecule has 0 aliphatic rings. The van der Waals surface area contributed by atoms with Gasteiger partial charge in [0.2, 0.25) is 0 Å². The SMILES string of the molecule is CC(=O)c1ccc(CSc2nc3c(cnn3-c3ccccc3)c(=O)[nH]2)cc1. The maximum absolute atomic E-state index is 12.4. The normalized spacial score (nSPS) is 11.0. The van der Waals surface area contributed by atoms with Gasteiger partial charge >= 0.3 is 0 Å². The third-order valence-electron chi connectivity index (χ3n) is 4.15. The number of fused-ring (bicyclic) bond motifs is 1. The third-order valence-corrected chi connectivity index (χ3v) is 5.10. The van der Waals surface area contributed by atoms with Crippen LogP contribution >= 0.6 is 11.8 Å². The number of carbonyl (C=O) groups is 1. The highest BCUT2D eigenvalue weighted by Crippen LogP contribution is 2.21. The van der Waals surface area contributed by atoms with Gasteiger partial charge in [-0.2, -0.15) is 5.10 Å². The summed E-state index contributed by atoms with van der Waals surface area (Å²) in [5, 5.41) is 5.29. The molecule has 0 aliphatic heterocycles. The summed E-state index contributed by atoms with van der Waals surface area (Å²) in [7, 11) is 0. The molecule has 2 heterocycles. The number of nitrogens with zero attached hydrogens (tertiary/aromatic N) is 3. The summed E-state index contributed by atoms with van der Waals surface area (Å²) in [6, 6.07) is 17.0. The number of para-hydroxylation sites is 1. The van der Waals surface area contributed by atoms with Crippen molar-refractivity contribution in [2.45, 2.75) is 17.8 Å². The molecule has 7 heteroatoms. The van der Waals surface area contributed by atoms with Gasteiger partial charge < -0.3 is 4.98 Å². The summed E-state index contributed by atoms with van der Waals surface area (Å²) in [6.07, 6.45) is 1.53. The lowest BCUT2D eigenvalue weighted by molar-refractivity contribution is 0.101. The second kappa shape index (κ2) is 7.20. The molecule has 0 atom stereocenters. The van der Waals surface area contributed by atoms with Gasteiger partial charge in [-0.25, -0.2) is 9.67 Å². The molecule has 0 bridgehead atoms. The first-order valence-corrected chi connectivity index (χ1v) is 9.36. The molecule has 1 N–H and O–H groups in total. The van der Waals surface area contributed by atoms with Crippen molar-refractivity contribution in [3.8, 4) is 5.69 Å². The second-order valence-electron chi connectivity index (χ2n) is 6.04. The van der Waals surface area contributed by atoms with Crippen LogP contribution in [0.2, 0.25) is 0 Å². The number of nitrogens with one attached hydrogen (secondary N) is 1. The summed E-state index contributed by atoms with van der Waals surface area (Å²) in [6.45, 7) is 1.55. The molecule has 0 spiro atoms. The van der Waals surface area contributed by atoms with Gasteiger partial charge in [0.25, 0.3) is 5.56 Å². The topological polar surface area (TPSA) is 80.6 Å². The number of aromatic amines is 1. The first-order valence-electron chi connectivity index (χ1n) is 8.38. The van der Waals surface area contributed by atoms with Crippen molar-refractivity contribution in [3.63, 3.8) is 0 Å². The van der Waals surface area contributed by atoms with Gasteiger partial charge in [-0.3, -0.25) is 9.59 Å². The lowest BCUT2D eigenvalue weighted by atomic mass is 10.1. The number of carbonyl (C=O) groups excluding carboxylic acids is 1. The van der Waals surface area contributed by atoms with E-state index in [9.17, 15) is 9.59 Å². The molecular formula is C20H16N4O2S. The maximum Gasteiger partial charge on any atom is 0.262 e. The van der Waals surface area contributed by atoms with Crippen LogP contribution in [-0.4, -0.2) is 25.5 Å². The van der Waals surface area contributed by atoms with E-state index in [4.69, 9.17) is 0 Å². The number of hydrogen-bond donors (Lipinski definition) is 1. The number of aromatic nitrogens is 4. The van der Waals surface area contributed by atoms with Crippen LogP contribution in [0.1, 0.15) is 22.8 Å². The molecule has 4 aromatic rings. The Hall–Kier alpha value is -3.19. The van der Waals surface area contributed by atoms with Gasteiger partial charge in [0.1, 0.15) is 5.39 Å². The Morgan fingerprint density at radius 3 is 2.56 bits per heavy atom. The van der Waals surface area contributed by atoms with Crippen molar-refractivity contribution in [2.75, 3.05) is 0 Å². The van der Waals surface area contributed by atoms with Gasteiger partial charge in [-0.15, -0.1) is 0 Å². The highest BCUT2D eigenvalue weighted by Gasteiger charge is 2.12. The number of H-pyrrole nitrogens is 1. The van der Waals surface area contributed by atoms with Crippen molar-refractivity contribution in [2.24, 2.45) is 0 Å². The minimum atomic E-state index is -0.211. The molecule has 0 amide bonds. The number of benzene rings is 2. The molecule has 4 rings (SSSR count). The van der Waals surface area contributed by atoms with Gasteiger partial charge in [0.15, 0.2) is 16.6 Å². The molecule has 0 saturated heterocycles. The zero-order valence-corrected chi connectivity index (χ0v) is 15.4. The van der Waals surface area contributed by atoms with Crippen molar-refractivity contribution in [1.82, 2.24) is 19.7 Å². The minimum Gasteiger partial charge on any atom is -0.301 e. The molecule has 2 aromatic carbocycles. The predicted octanol–water partition coefficient (Wildman–Crippen LogP) is 3.60. The van der Waals surface area contributed by atoms with Crippen molar-refractivity contribution in [3.05, 3.63) is 82.3 Å². The number of thioether (sulfide) groups is 1. The second-order valence-corrected chi connectivity index (χ2v) is 7.01. The summed E-state index contributed by atoms with van der Waals surface area (Å²) in [5.74, 6) is 0.673. The standard InChI is InChI=1S/C20H16N4O2S/c1-13(25)15-9-7-14(8-10-15)12-27-20-22-18-17(19(26)23-20)11-21-24(18)16-5-3-2-4-6-16/h2-11H,12H2,1H3,(H,22,23,26). The van der Waals surface area contributed by atoms with E-state index in [2.05, 4.69) is 15.1 Å². The number of hydrogen-bond acceptors (Lipinski definition) is 5. The maximum atomic E-state index is 12.4. The van der Waals surface area contributed by atoms with Crippen molar-refractivity contribution < 1.29 is 4.79 Å². The highest BCUT2D eigenvalue weighted by molar-refractivity contribution is 7.98. The monoisotopic (exact) mass is 376 g/mol. The summed E-state index contributed by atoms with van der Waals surface area (Å²) in [5.41, 5.74) is 2.89. The number of ketones is 1. The van der Waals surface area contributed by atoms with E-state index >= 15 is 0 Å². The van der Waals surface area contributed by atoms with E-state index in [1.165, 1.54) is 18.0 Å². The van der Waals surface area contributed by atoms with Crippen LogP contribution in [0, 0.1) is 0 Å². The minimum absolute atomic E-state index is 0.0415. The summed E-state index contributed by atoms with van der Waals surface area (Å²) >= 11 is 1.43. The predicted molar refractivity (Wildman–Crippen MR) is 105 cm³/mol. The van der Waals surface area contributed by atoms with Gasteiger partial charge in [-0.1, -0.05) is 54.2 Å². The first kappa shape index (κ1) is 17.2. The van der Waals surface area contributed by atoms with Crippen LogP contribution in [0.25, 0.3) is 16.7 Å². The zero-order chi connectivity index (χ0) is 18.8. The van der Waals surface area contributed by atoms with E-state index < -0.39 is 0 Å². The smallest absolute Gasteiger partial charge is 0.262 e. The fourth-order valence-corrected chi connectivity index (χ4v) is 3.52. The van der Waals surface area contributed by atoms with Gasteiger partial charge in [0, 0.05) is 11.3 Å².